The van der Waals surface area contributed by atoms with Crippen LogP contribution in [-0.4, -0.2) is 38.9 Å². The molecule has 0 aliphatic carbocycles. The Bertz CT molecular complexity index is 749. The van der Waals surface area contributed by atoms with Crippen molar-refractivity contribution in [1.29, 1.82) is 0 Å². The summed E-state index contributed by atoms with van der Waals surface area (Å²) in [5, 5.41) is 8.48. The topological polar surface area (TPSA) is 73.4 Å². The number of nitrogens with zero attached hydrogens (tertiary/aromatic N) is 4. The fourth-order valence-corrected chi connectivity index (χ4v) is 3.34. The van der Waals surface area contributed by atoms with Crippen LogP contribution in [0.1, 0.15) is 59.9 Å². The SMILES string of the molecule is CCc1nocc1CN(C)C(=O)c1c2c(nn1C)[C@H](C)O[C@H](C)C2. The number of fused-ring (bicyclic) bond motifs is 1. The van der Waals surface area contributed by atoms with Crippen LogP contribution in [0, 0.1) is 0 Å². The standard InChI is InChI=1S/C17H24N4O3/c1-6-14-12(9-23-19-14)8-20(4)17(22)16-13-7-10(2)24-11(3)15(13)18-21(16)5/h9-11H,6-8H2,1-5H3/t10-,11+/m1/s1. The van der Waals surface area contributed by atoms with Gasteiger partial charge in [0.15, 0.2) is 0 Å². The van der Waals surface area contributed by atoms with Crippen LogP contribution in [-0.2, 0) is 31.2 Å². The first-order chi connectivity index (χ1) is 11.4. The molecule has 7 nitrogen and oxygen atoms in total. The minimum absolute atomic E-state index is 0.0456. The van der Waals surface area contributed by atoms with Crippen molar-refractivity contribution in [2.24, 2.45) is 7.05 Å². The van der Waals surface area contributed by atoms with E-state index in [0.29, 0.717) is 18.7 Å². The molecule has 0 aromatic carbocycles. The minimum atomic E-state index is -0.0911. The maximum atomic E-state index is 13.0. The summed E-state index contributed by atoms with van der Waals surface area (Å²) in [5.41, 5.74) is 4.34. The third kappa shape index (κ3) is 2.84. The van der Waals surface area contributed by atoms with E-state index in [-0.39, 0.29) is 18.1 Å². The molecular weight excluding hydrogens is 308 g/mol. The summed E-state index contributed by atoms with van der Waals surface area (Å²) in [5.74, 6) is -0.0456. The van der Waals surface area contributed by atoms with Gasteiger partial charge in [-0.2, -0.15) is 5.10 Å². The summed E-state index contributed by atoms with van der Waals surface area (Å²) in [6.45, 7) is 6.48. The molecule has 1 aliphatic rings. The molecule has 0 unspecified atom stereocenters. The molecule has 0 saturated carbocycles. The van der Waals surface area contributed by atoms with Crippen molar-refractivity contribution in [2.75, 3.05) is 7.05 Å². The number of rotatable bonds is 4. The second kappa shape index (κ2) is 6.39. The average molecular weight is 332 g/mol. The van der Waals surface area contributed by atoms with E-state index in [1.165, 1.54) is 0 Å². The Labute approximate surface area is 141 Å². The first-order valence-electron chi connectivity index (χ1n) is 8.31. The highest BCUT2D eigenvalue weighted by molar-refractivity contribution is 5.94. The zero-order chi connectivity index (χ0) is 17.4. The number of aryl methyl sites for hydroxylation is 2. The number of aromatic nitrogens is 3. The highest BCUT2D eigenvalue weighted by Gasteiger charge is 2.32. The molecule has 3 heterocycles. The van der Waals surface area contributed by atoms with Crippen molar-refractivity contribution < 1.29 is 14.1 Å². The van der Waals surface area contributed by atoms with Crippen molar-refractivity contribution in [3.8, 4) is 0 Å². The van der Waals surface area contributed by atoms with E-state index in [0.717, 1.165) is 28.9 Å². The summed E-state index contributed by atoms with van der Waals surface area (Å²) in [4.78, 5) is 14.7. The van der Waals surface area contributed by atoms with Crippen LogP contribution in [0.2, 0.25) is 0 Å². The van der Waals surface area contributed by atoms with Gasteiger partial charge in [-0.3, -0.25) is 9.48 Å². The Morgan fingerprint density at radius 2 is 2.21 bits per heavy atom. The van der Waals surface area contributed by atoms with E-state index in [1.54, 1.807) is 22.9 Å². The monoisotopic (exact) mass is 332 g/mol. The predicted octanol–water partition coefficient (Wildman–Crippen LogP) is 2.26. The van der Waals surface area contributed by atoms with Crippen LogP contribution in [0.3, 0.4) is 0 Å². The van der Waals surface area contributed by atoms with Gasteiger partial charge in [0.2, 0.25) is 0 Å². The molecule has 2 aromatic rings. The molecule has 2 atom stereocenters. The van der Waals surface area contributed by atoms with Gasteiger partial charge in [-0.25, -0.2) is 0 Å². The molecule has 0 saturated heterocycles. The maximum Gasteiger partial charge on any atom is 0.272 e. The smallest absolute Gasteiger partial charge is 0.272 e. The molecule has 3 rings (SSSR count). The third-order valence-corrected chi connectivity index (χ3v) is 4.51. The fourth-order valence-electron chi connectivity index (χ4n) is 3.34. The van der Waals surface area contributed by atoms with Gasteiger partial charge in [0.1, 0.15) is 12.0 Å². The number of hydrogen-bond acceptors (Lipinski definition) is 5. The molecule has 2 aromatic heterocycles. The summed E-state index contributed by atoms with van der Waals surface area (Å²) in [6, 6.07) is 0. The van der Waals surface area contributed by atoms with Crippen molar-refractivity contribution >= 4 is 5.91 Å². The van der Waals surface area contributed by atoms with Crippen LogP contribution < -0.4 is 0 Å². The molecule has 0 fully saturated rings. The highest BCUT2D eigenvalue weighted by Crippen LogP contribution is 2.31. The molecule has 1 aliphatic heterocycles. The lowest BCUT2D eigenvalue weighted by molar-refractivity contribution is -0.00713. The molecule has 1 amide bonds. The molecule has 0 spiro atoms. The molecule has 0 N–H and O–H groups in total. The number of carbonyl (C=O) groups excluding carboxylic acids is 1. The van der Waals surface area contributed by atoms with Gasteiger partial charge in [-0.15, -0.1) is 0 Å². The van der Waals surface area contributed by atoms with E-state index in [4.69, 9.17) is 9.26 Å². The fraction of sp³-hybridized carbons (Fsp3) is 0.588. The normalized spacial score (nSPS) is 20.0. The Balaban J connectivity index is 1.87. The van der Waals surface area contributed by atoms with Crippen LogP contribution in [0.15, 0.2) is 10.8 Å². The zero-order valence-electron chi connectivity index (χ0n) is 14.9. The van der Waals surface area contributed by atoms with E-state index in [2.05, 4.69) is 10.3 Å². The molecule has 130 valence electrons. The van der Waals surface area contributed by atoms with Crippen LogP contribution in [0.4, 0.5) is 0 Å². The average Bonchev–Trinajstić information content (AvgIpc) is 3.10. The van der Waals surface area contributed by atoms with Gasteiger partial charge < -0.3 is 14.2 Å². The van der Waals surface area contributed by atoms with Gasteiger partial charge >= 0.3 is 0 Å². The molecule has 0 radical (unpaired) electrons. The Morgan fingerprint density at radius 1 is 1.46 bits per heavy atom. The lowest BCUT2D eigenvalue weighted by atomic mass is 9.99. The molecule has 0 bridgehead atoms. The Kier molecular flexibility index (Phi) is 4.45. The van der Waals surface area contributed by atoms with Crippen LogP contribution >= 0.6 is 0 Å². The minimum Gasteiger partial charge on any atom is -0.369 e. The molecule has 24 heavy (non-hydrogen) atoms. The Hall–Kier alpha value is -2.15. The maximum absolute atomic E-state index is 13.0. The summed E-state index contributed by atoms with van der Waals surface area (Å²) in [6.07, 6.45) is 3.08. The summed E-state index contributed by atoms with van der Waals surface area (Å²) in [7, 11) is 3.61. The van der Waals surface area contributed by atoms with Crippen molar-refractivity contribution in [1.82, 2.24) is 19.8 Å². The van der Waals surface area contributed by atoms with E-state index in [1.807, 2.05) is 27.8 Å². The highest BCUT2D eigenvalue weighted by atomic mass is 16.5. The lowest BCUT2D eigenvalue weighted by Crippen LogP contribution is -2.30. The zero-order valence-corrected chi connectivity index (χ0v) is 14.9. The number of ether oxygens (including phenoxy) is 1. The van der Waals surface area contributed by atoms with Gasteiger partial charge in [0, 0.05) is 31.6 Å². The second-order valence-electron chi connectivity index (χ2n) is 6.43. The largest absolute Gasteiger partial charge is 0.369 e. The molecule has 7 heteroatoms. The van der Waals surface area contributed by atoms with Gasteiger partial charge in [-0.1, -0.05) is 12.1 Å². The summed E-state index contributed by atoms with van der Waals surface area (Å²) >= 11 is 0. The molecular formula is C17H24N4O3. The van der Waals surface area contributed by atoms with E-state index < -0.39 is 0 Å². The van der Waals surface area contributed by atoms with Gasteiger partial charge in [-0.05, 0) is 20.3 Å². The van der Waals surface area contributed by atoms with Crippen LogP contribution in [0.25, 0.3) is 0 Å². The van der Waals surface area contributed by atoms with Crippen molar-refractivity contribution in [3.05, 3.63) is 34.5 Å². The number of amides is 1. The van der Waals surface area contributed by atoms with Crippen molar-refractivity contribution in [2.45, 2.75) is 52.4 Å². The third-order valence-electron chi connectivity index (χ3n) is 4.51. The quantitative estimate of drug-likeness (QED) is 0.859. The number of carbonyl (C=O) groups is 1. The summed E-state index contributed by atoms with van der Waals surface area (Å²) < 4.78 is 12.5. The Morgan fingerprint density at radius 3 is 2.92 bits per heavy atom. The van der Waals surface area contributed by atoms with Gasteiger partial charge in [0.25, 0.3) is 5.91 Å². The predicted molar refractivity (Wildman–Crippen MR) is 87.6 cm³/mol. The second-order valence-corrected chi connectivity index (χ2v) is 6.43. The van der Waals surface area contributed by atoms with E-state index >= 15 is 0 Å². The first-order valence-corrected chi connectivity index (χ1v) is 8.31. The first kappa shape index (κ1) is 16.7. The number of hydrogen-bond donors (Lipinski definition) is 0. The van der Waals surface area contributed by atoms with Gasteiger partial charge in [0.05, 0.1) is 30.1 Å². The lowest BCUT2D eigenvalue weighted by Gasteiger charge is -2.25. The van der Waals surface area contributed by atoms with E-state index in [9.17, 15) is 4.79 Å². The van der Waals surface area contributed by atoms with Crippen molar-refractivity contribution in [3.63, 3.8) is 0 Å². The van der Waals surface area contributed by atoms with Crippen LogP contribution in [0.5, 0.6) is 0 Å².